The van der Waals surface area contributed by atoms with Gasteiger partial charge < -0.3 is 9.84 Å². The van der Waals surface area contributed by atoms with Crippen LogP contribution >= 0.6 is 0 Å². The van der Waals surface area contributed by atoms with E-state index in [1.807, 2.05) is 31.2 Å². The molecule has 7 nitrogen and oxygen atoms in total. The molecule has 0 spiro atoms. The molecule has 1 aliphatic carbocycles. The van der Waals surface area contributed by atoms with E-state index in [1.165, 1.54) is 29.3 Å². The maximum atomic E-state index is 12.7. The Bertz CT molecular complexity index is 1130. The van der Waals surface area contributed by atoms with Crippen LogP contribution in [-0.2, 0) is 11.3 Å². The van der Waals surface area contributed by atoms with Gasteiger partial charge in [0.05, 0.1) is 6.33 Å². The van der Waals surface area contributed by atoms with Crippen LogP contribution in [0.2, 0.25) is 0 Å². The van der Waals surface area contributed by atoms with E-state index in [4.69, 9.17) is 4.52 Å². The molecule has 30 heavy (non-hydrogen) atoms. The fourth-order valence-corrected chi connectivity index (χ4v) is 3.72. The highest BCUT2D eigenvalue weighted by Gasteiger charge is 2.16. The minimum atomic E-state index is -0.328. The Balaban J connectivity index is 1.38. The van der Waals surface area contributed by atoms with Crippen LogP contribution in [0.25, 0.3) is 22.4 Å². The Kier molecular flexibility index (Phi) is 6.07. The van der Waals surface area contributed by atoms with Crippen LogP contribution in [-0.4, -0.2) is 27.2 Å². The molecule has 4 rings (SSSR count). The first-order valence-electron chi connectivity index (χ1n) is 10.5. The summed E-state index contributed by atoms with van der Waals surface area (Å²) >= 11 is 0. The molecule has 1 aromatic carbocycles. The van der Waals surface area contributed by atoms with Crippen molar-refractivity contribution in [3.63, 3.8) is 0 Å². The van der Waals surface area contributed by atoms with Gasteiger partial charge in [-0.15, -0.1) is 0 Å². The maximum Gasteiger partial charge on any atom is 0.299 e. The van der Waals surface area contributed by atoms with Crippen LogP contribution < -0.4 is 10.9 Å². The van der Waals surface area contributed by atoms with Gasteiger partial charge in [0.1, 0.15) is 11.2 Å². The van der Waals surface area contributed by atoms with E-state index in [0.717, 1.165) is 30.4 Å². The van der Waals surface area contributed by atoms with Crippen molar-refractivity contribution >= 4 is 17.0 Å². The second kappa shape index (κ2) is 9.07. The lowest BCUT2D eigenvalue weighted by molar-refractivity contribution is -0.121. The van der Waals surface area contributed by atoms with Crippen molar-refractivity contribution < 1.29 is 9.32 Å². The standard InChI is InChI=1S/C23H26N4O3/c1-16-7-9-18(10-8-16)20-21-22(30-26-20)23(29)27(15-25-21)14-12-19(28)24-13-11-17-5-3-2-4-6-17/h5,7-10,15H,2-4,6,11-14H2,1H3,(H,24,28). The van der Waals surface area contributed by atoms with Gasteiger partial charge in [0.15, 0.2) is 0 Å². The van der Waals surface area contributed by atoms with Gasteiger partial charge in [-0.3, -0.25) is 14.2 Å². The molecule has 0 atom stereocenters. The Morgan fingerprint density at radius 1 is 1.23 bits per heavy atom. The number of fused-ring (bicyclic) bond motifs is 1. The van der Waals surface area contributed by atoms with Gasteiger partial charge in [0.25, 0.3) is 11.1 Å². The lowest BCUT2D eigenvalue weighted by Gasteiger charge is -2.13. The van der Waals surface area contributed by atoms with Crippen molar-refractivity contribution in [2.75, 3.05) is 6.54 Å². The Morgan fingerprint density at radius 3 is 2.83 bits per heavy atom. The third kappa shape index (κ3) is 4.50. The number of rotatable bonds is 7. The minimum Gasteiger partial charge on any atom is -0.356 e. The number of aromatic nitrogens is 3. The fourth-order valence-electron chi connectivity index (χ4n) is 3.72. The van der Waals surface area contributed by atoms with Crippen molar-refractivity contribution in [3.8, 4) is 11.3 Å². The highest BCUT2D eigenvalue weighted by Crippen LogP contribution is 2.24. The highest BCUT2D eigenvalue weighted by molar-refractivity contribution is 5.87. The monoisotopic (exact) mass is 406 g/mol. The maximum absolute atomic E-state index is 12.7. The summed E-state index contributed by atoms with van der Waals surface area (Å²) in [6.07, 6.45) is 9.65. The van der Waals surface area contributed by atoms with Crippen LogP contribution in [0.4, 0.5) is 0 Å². The van der Waals surface area contributed by atoms with E-state index < -0.39 is 0 Å². The molecule has 0 saturated heterocycles. The largest absolute Gasteiger partial charge is 0.356 e. The summed E-state index contributed by atoms with van der Waals surface area (Å²) in [5.41, 5.74) is 4.17. The molecule has 0 unspecified atom stereocenters. The number of hydrogen-bond donors (Lipinski definition) is 1. The molecule has 1 aliphatic rings. The molecule has 2 heterocycles. The summed E-state index contributed by atoms with van der Waals surface area (Å²) < 4.78 is 6.69. The third-order valence-electron chi connectivity index (χ3n) is 5.51. The second-order valence-corrected chi connectivity index (χ2v) is 7.78. The van der Waals surface area contributed by atoms with E-state index >= 15 is 0 Å². The van der Waals surface area contributed by atoms with Gasteiger partial charge in [0, 0.05) is 25.1 Å². The van der Waals surface area contributed by atoms with Gasteiger partial charge in [-0.05, 0) is 39.0 Å². The average Bonchev–Trinajstić information content (AvgIpc) is 3.19. The van der Waals surface area contributed by atoms with Gasteiger partial charge in [0.2, 0.25) is 5.91 Å². The predicted octanol–water partition coefficient (Wildman–Crippen LogP) is 3.76. The fraction of sp³-hybridized carbons (Fsp3) is 0.391. The molecule has 1 amide bonds. The first kappa shape index (κ1) is 20.1. The second-order valence-electron chi connectivity index (χ2n) is 7.78. The van der Waals surface area contributed by atoms with Gasteiger partial charge in [-0.25, -0.2) is 4.98 Å². The number of benzene rings is 1. The molecule has 7 heteroatoms. The van der Waals surface area contributed by atoms with Crippen molar-refractivity contribution in [1.29, 1.82) is 0 Å². The van der Waals surface area contributed by atoms with E-state index in [-0.39, 0.29) is 30.0 Å². The normalized spacial score (nSPS) is 14.0. The summed E-state index contributed by atoms with van der Waals surface area (Å²) in [5, 5.41) is 6.98. The topological polar surface area (TPSA) is 90.0 Å². The van der Waals surface area contributed by atoms with Crippen molar-refractivity contribution in [2.45, 2.75) is 52.0 Å². The van der Waals surface area contributed by atoms with Crippen molar-refractivity contribution in [3.05, 3.63) is 58.2 Å². The van der Waals surface area contributed by atoms with Crippen molar-refractivity contribution in [2.24, 2.45) is 0 Å². The number of amides is 1. The SMILES string of the molecule is Cc1ccc(-c2noc3c(=O)n(CCC(=O)NCCC4=CCCCC4)cnc23)cc1. The van der Waals surface area contributed by atoms with E-state index in [2.05, 4.69) is 21.5 Å². The molecule has 1 N–H and O–H groups in total. The summed E-state index contributed by atoms with van der Waals surface area (Å²) in [4.78, 5) is 29.2. The first-order chi connectivity index (χ1) is 14.6. The number of carbonyl (C=O) groups is 1. The Morgan fingerprint density at radius 2 is 2.07 bits per heavy atom. The summed E-state index contributed by atoms with van der Waals surface area (Å²) in [6, 6.07) is 7.79. The molecule has 156 valence electrons. The number of aryl methyl sites for hydroxylation is 2. The highest BCUT2D eigenvalue weighted by atomic mass is 16.5. The molecule has 0 radical (unpaired) electrons. The molecule has 0 saturated carbocycles. The van der Waals surface area contributed by atoms with Gasteiger partial charge >= 0.3 is 0 Å². The zero-order chi connectivity index (χ0) is 20.9. The Labute approximate surface area is 174 Å². The van der Waals surface area contributed by atoms with Crippen LogP contribution in [0, 0.1) is 6.92 Å². The predicted molar refractivity (Wildman–Crippen MR) is 115 cm³/mol. The number of nitrogens with zero attached hydrogens (tertiary/aromatic N) is 3. The van der Waals surface area contributed by atoms with E-state index in [1.54, 1.807) is 0 Å². The molecular formula is C23H26N4O3. The Hall–Kier alpha value is -3.22. The molecule has 0 fully saturated rings. The quantitative estimate of drug-likeness (QED) is 0.604. The lowest BCUT2D eigenvalue weighted by atomic mass is 9.97. The molecule has 3 aromatic rings. The average molecular weight is 406 g/mol. The molecule has 0 bridgehead atoms. The third-order valence-corrected chi connectivity index (χ3v) is 5.51. The molecule has 0 aliphatic heterocycles. The zero-order valence-corrected chi connectivity index (χ0v) is 17.2. The first-order valence-corrected chi connectivity index (χ1v) is 10.5. The van der Waals surface area contributed by atoms with Crippen LogP contribution in [0.1, 0.15) is 44.1 Å². The van der Waals surface area contributed by atoms with Gasteiger partial charge in [-0.1, -0.05) is 46.6 Å². The number of hydrogen-bond acceptors (Lipinski definition) is 5. The van der Waals surface area contributed by atoms with Crippen LogP contribution in [0.15, 0.2) is 51.6 Å². The number of nitrogens with one attached hydrogen (secondary N) is 1. The zero-order valence-electron chi connectivity index (χ0n) is 17.2. The van der Waals surface area contributed by atoms with Crippen LogP contribution in [0.5, 0.6) is 0 Å². The van der Waals surface area contributed by atoms with E-state index in [0.29, 0.717) is 17.8 Å². The van der Waals surface area contributed by atoms with E-state index in [9.17, 15) is 9.59 Å². The minimum absolute atomic E-state index is 0.0729. The summed E-state index contributed by atoms with van der Waals surface area (Å²) in [7, 11) is 0. The number of allylic oxidation sites excluding steroid dienone is 1. The van der Waals surface area contributed by atoms with Gasteiger partial charge in [-0.2, -0.15) is 0 Å². The number of carbonyl (C=O) groups excluding carboxylic acids is 1. The van der Waals surface area contributed by atoms with Crippen LogP contribution in [0.3, 0.4) is 0 Å². The lowest BCUT2D eigenvalue weighted by Crippen LogP contribution is -2.28. The molecular weight excluding hydrogens is 380 g/mol. The molecule has 2 aromatic heterocycles. The smallest absolute Gasteiger partial charge is 0.299 e. The summed E-state index contributed by atoms with van der Waals surface area (Å²) in [5.74, 6) is -0.0729. The summed E-state index contributed by atoms with van der Waals surface area (Å²) in [6.45, 7) is 2.89. The van der Waals surface area contributed by atoms with Crippen molar-refractivity contribution in [1.82, 2.24) is 20.0 Å².